The molecule has 0 saturated heterocycles. The van der Waals surface area contributed by atoms with Gasteiger partial charge < -0.3 is 24.5 Å². The number of pyridine rings is 1. The van der Waals surface area contributed by atoms with Gasteiger partial charge in [-0.05, 0) is 36.1 Å². The van der Waals surface area contributed by atoms with E-state index in [1.54, 1.807) is 36.7 Å². The first kappa shape index (κ1) is 22.3. The summed E-state index contributed by atoms with van der Waals surface area (Å²) in [4.78, 5) is 40.0. The lowest BCUT2D eigenvalue weighted by atomic mass is 9.72. The van der Waals surface area contributed by atoms with E-state index in [-0.39, 0.29) is 23.6 Å². The van der Waals surface area contributed by atoms with Gasteiger partial charge >= 0.3 is 19.1 Å². The van der Waals surface area contributed by atoms with Crippen LogP contribution in [0.3, 0.4) is 0 Å². The van der Waals surface area contributed by atoms with Gasteiger partial charge in [0.2, 0.25) is 12.7 Å². The number of aromatic nitrogens is 1. The number of ether oxygens (including phenoxy) is 2. The molecule has 1 aromatic carbocycles. The van der Waals surface area contributed by atoms with Gasteiger partial charge in [0.1, 0.15) is 11.3 Å². The monoisotopic (exact) mass is 426 g/mol. The lowest BCUT2D eigenvalue weighted by molar-refractivity contribution is -0.151. The summed E-state index contributed by atoms with van der Waals surface area (Å²) in [5.74, 6) is -1.93. The van der Waals surface area contributed by atoms with Gasteiger partial charge in [0, 0.05) is 18.8 Å². The molecule has 1 aliphatic rings. The predicted octanol–water partition coefficient (Wildman–Crippen LogP) is 1.22. The number of carbonyl (C=O) groups excluding carboxylic acids is 3. The molecule has 0 fully saturated rings. The van der Waals surface area contributed by atoms with E-state index in [2.05, 4.69) is 10.3 Å². The lowest BCUT2D eigenvalue weighted by Gasteiger charge is -2.29. The highest BCUT2D eigenvalue weighted by Crippen LogP contribution is 2.30. The zero-order chi connectivity index (χ0) is 22.2. The van der Waals surface area contributed by atoms with Crippen LogP contribution in [0.1, 0.15) is 41.3 Å². The van der Waals surface area contributed by atoms with Gasteiger partial charge in [-0.15, -0.1) is 0 Å². The Kier molecular flexibility index (Phi) is 7.61. The van der Waals surface area contributed by atoms with Crippen LogP contribution in [0.4, 0.5) is 0 Å². The summed E-state index contributed by atoms with van der Waals surface area (Å²) in [5, 5.41) is 13.0. The molecule has 31 heavy (non-hydrogen) atoms. The van der Waals surface area contributed by atoms with Crippen LogP contribution in [0.2, 0.25) is 0 Å². The van der Waals surface area contributed by atoms with Crippen molar-refractivity contribution in [1.29, 1.82) is 0 Å². The lowest BCUT2D eigenvalue weighted by Crippen LogP contribution is -2.53. The van der Waals surface area contributed by atoms with Gasteiger partial charge in [-0.1, -0.05) is 25.1 Å². The number of para-hydroxylation sites is 1. The summed E-state index contributed by atoms with van der Waals surface area (Å²) >= 11 is 0. The van der Waals surface area contributed by atoms with Crippen molar-refractivity contribution in [2.75, 3.05) is 6.79 Å². The molecule has 0 bridgehead atoms. The van der Waals surface area contributed by atoms with Crippen molar-refractivity contribution in [3.8, 4) is 5.75 Å². The van der Waals surface area contributed by atoms with Crippen molar-refractivity contribution < 1.29 is 33.5 Å². The van der Waals surface area contributed by atoms with E-state index in [0.29, 0.717) is 30.4 Å². The Morgan fingerprint density at radius 1 is 1.26 bits per heavy atom. The minimum absolute atomic E-state index is 0.00652. The number of fused-ring (bicyclic) bond motifs is 1. The fourth-order valence-corrected chi connectivity index (χ4v) is 3.16. The van der Waals surface area contributed by atoms with Crippen molar-refractivity contribution in [1.82, 2.24) is 10.3 Å². The minimum Gasteiger partial charge on any atom is -0.534 e. The fourth-order valence-electron chi connectivity index (χ4n) is 3.16. The fraction of sp³-hybridized carbons (Fsp3) is 0.333. The first-order valence-electron chi connectivity index (χ1n) is 9.95. The van der Waals surface area contributed by atoms with Crippen molar-refractivity contribution >= 4 is 25.0 Å². The first-order chi connectivity index (χ1) is 15.0. The van der Waals surface area contributed by atoms with Crippen molar-refractivity contribution in [2.24, 2.45) is 0 Å². The van der Waals surface area contributed by atoms with Gasteiger partial charge in [-0.25, -0.2) is 4.79 Å². The summed E-state index contributed by atoms with van der Waals surface area (Å²) in [6.45, 7) is 1.33. The number of rotatable bonds is 8. The number of benzene rings is 1. The first-order valence-corrected chi connectivity index (χ1v) is 9.95. The third-order valence-electron chi connectivity index (χ3n) is 4.64. The van der Waals surface area contributed by atoms with E-state index in [0.717, 1.165) is 0 Å². The zero-order valence-electron chi connectivity index (χ0n) is 17.1. The summed E-state index contributed by atoms with van der Waals surface area (Å²) in [7, 11) is -1.31. The van der Waals surface area contributed by atoms with Crippen LogP contribution in [-0.4, -0.2) is 47.7 Å². The third kappa shape index (κ3) is 6.05. The number of nitrogens with zero attached hydrogens (tertiary/aromatic N) is 1. The molecule has 0 radical (unpaired) electrons. The molecule has 2 N–H and O–H groups in total. The maximum atomic E-state index is 12.5. The van der Waals surface area contributed by atoms with Crippen molar-refractivity contribution in [2.45, 2.75) is 38.5 Å². The number of amides is 1. The molecule has 1 atom stereocenters. The Balaban J connectivity index is 1.57. The molecular weight excluding hydrogens is 403 g/mol. The second-order valence-corrected chi connectivity index (χ2v) is 7.03. The molecule has 1 aliphatic heterocycles. The largest absolute Gasteiger partial charge is 0.547 e. The minimum atomic E-state index is -1.31. The van der Waals surface area contributed by atoms with E-state index in [9.17, 15) is 19.4 Å². The van der Waals surface area contributed by atoms with E-state index >= 15 is 0 Å². The second kappa shape index (κ2) is 10.6. The molecule has 0 saturated carbocycles. The highest BCUT2D eigenvalue weighted by molar-refractivity contribution is 6.47. The normalized spacial score (nSPS) is 14.8. The maximum Gasteiger partial charge on any atom is 0.547 e. The Labute approximate surface area is 179 Å². The van der Waals surface area contributed by atoms with E-state index in [4.69, 9.17) is 14.1 Å². The average molecular weight is 426 g/mol. The average Bonchev–Trinajstić information content (AvgIpc) is 2.74. The van der Waals surface area contributed by atoms with Crippen LogP contribution in [0.5, 0.6) is 5.75 Å². The molecule has 1 aromatic heterocycles. The smallest absolute Gasteiger partial charge is 0.534 e. The molecular formula is C21H23BN2O7. The van der Waals surface area contributed by atoms with Crippen molar-refractivity contribution in [3.63, 3.8) is 0 Å². The molecule has 10 heteroatoms. The number of hydrogen-bond acceptors (Lipinski definition) is 8. The SMILES string of the molecule is CCCC(=O)N[C@H]1Cc2cccc(C(=O)OCOC(=O)Cc3cccnc3)c2OB1O. The van der Waals surface area contributed by atoms with Crippen LogP contribution >= 0.6 is 0 Å². The summed E-state index contributed by atoms with van der Waals surface area (Å²) < 4.78 is 15.5. The number of hydrogen-bond donors (Lipinski definition) is 2. The standard InChI is InChI=1S/C21H23BN2O7/c1-2-5-18(25)24-17-11-15-7-3-8-16(20(15)31-22(17)28)21(27)30-13-29-19(26)10-14-6-4-9-23-12-14/h3-4,6-9,12,17,28H,2,5,10-11,13H2,1H3,(H,24,25)/t17-/m0/s1. The molecule has 0 spiro atoms. The molecule has 1 amide bonds. The van der Waals surface area contributed by atoms with Crippen LogP contribution in [0, 0.1) is 0 Å². The highest BCUT2D eigenvalue weighted by atomic mass is 16.7. The highest BCUT2D eigenvalue weighted by Gasteiger charge is 2.37. The molecule has 2 heterocycles. The summed E-state index contributed by atoms with van der Waals surface area (Å²) in [6, 6.07) is 8.31. The maximum absolute atomic E-state index is 12.5. The molecule has 3 rings (SSSR count). The Morgan fingerprint density at radius 3 is 2.84 bits per heavy atom. The van der Waals surface area contributed by atoms with Gasteiger partial charge in [-0.2, -0.15) is 0 Å². The third-order valence-corrected chi connectivity index (χ3v) is 4.64. The summed E-state index contributed by atoms with van der Waals surface area (Å²) in [6.07, 6.45) is 4.48. The number of nitrogens with one attached hydrogen (secondary N) is 1. The van der Waals surface area contributed by atoms with Crippen molar-refractivity contribution in [3.05, 3.63) is 59.4 Å². The molecule has 162 valence electrons. The van der Waals surface area contributed by atoms with Gasteiger partial charge in [-0.3, -0.25) is 14.6 Å². The quantitative estimate of drug-likeness (QED) is 0.367. The molecule has 0 aliphatic carbocycles. The van der Waals surface area contributed by atoms with E-state index < -0.39 is 31.8 Å². The predicted molar refractivity (Wildman–Crippen MR) is 110 cm³/mol. The molecule has 0 unspecified atom stereocenters. The van der Waals surface area contributed by atoms with E-state index in [1.165, 1.54) is 6.07 Å². The second-order valence-electron chi connectivity index (χ2n) is 7.03. The zero-order valence-corrected chi connectivity index (χ0v) is 17.1. The van der Waals surface area contributed by atoms with Crippen LogP contribution < -0.4 is 9.97 Å². The van der Waals surface area contributed by atoms with Crippen LogP contribution in [0.25, 0.3) is 0 Å². The van der Waals surface area contributed by atoms with Crippen LogP contribution in [0.15, 0.2) is 42.7 Å². The Morgan fingerprint density at radius 2 is 2.10 bits per heavy atom. The molecule has 2 aromatic rings. The topological polar surface area (TPSA) is 124 Å². The van der Waals surface area contributed by atoms with Gasteiger partial charge in [0.05, 0.1) is 12.4 Å². The number of esters is 2. The molecule has 9 nitrogen and oxygen atoms in total. The summed E-state index contributed by atoms with van der Waals surface area (Å²) in [5.41, 5.74) is 1.42. The Hall–Kier alpha value is -3.40. The van der Waals surface area contributed by atoms with Crippen LogP contribution in [-0.2, 0) is 31.9 Å². The van der Waals surface area contributed by atoms with Gasteiger partial charge in [0.15, 0.2) is 0 Å². The number of carbonyl (C=O) groups is 3. The van der Waals surface area contributed by atoms with E-state index in [1.807, 2.05) is 6.92 Å². The van der Waals surface area contributed by atoms with Gasteiger partial charge in [0.25, 0.3) is 0 Å². The Bertz CT molecular complexity index is 939.